The van der Waals surface area contributed by atoms with Gasteiger partial charge in [0.1, 0.15) is 0 Å². The molecule has 1 aromatic heterocycles. The average Bonchev–Trinajstić information content (AvgIpc) is 3.34. The number of rotatable bonds is 6. The number of nitrogens with one attached hydrogen (secondary N) is 1. The number of nitrogens with zero attached hydrogens (tertiary/aromatic N) is 2. The highest BCUT2D eigenvalue weighted by Gasteiger charge is 2.28. The van der Waals surface area contributed by atoms with E-state index in [1.165, 1.54) is 21.0 Å². The summed E-state index contributed by atoms with van der Waals surface area (Å²) in [7, 11) is -3.60. The highest BCUT2D eigenvalue weighted by molar-refractivity contribution is 9.10. The maximum atomic E-state index is 12.7. The van der Waals surface area contributed by atoms with Gasteiger partial charge in [-0.2, -0.15) is 4.31 Å². The fourth-order valence-corrected chi connectivity index (χ4v) is 5.43. The number of hydrogen-bond acceptors (Lipinski definition) is 5. The van der Waals surface area contributed by atoms with Gasteiger partial charge >= 0.3 is 5.76 Å². The van der Waals surface area contributed by atoms with Crippen LogP contribution in [0.5, 0.6) is 0 Å². The van der Waals surface area contributed by atoms with Crippen molar-refractivity contribution in [3.05, 3.63) is 57.5 Å². The zero-order chi connectivity index (χ0) is 21.3. The van der Waals surface area contributed by atoms with Crippen molar-refractivity contribution in [2.75, 3.05) is 18.4 Å². The molecule has 1 N–H and O–H groups in total. The van der Waals surface area contributed by atoms with Crippen LogP contribution in [0.3, 0.4) is 0 Å². The van der Waals surface area contributed by atoms with Crippen LogP contribution in [0.15, 0.2) is 61.0 Å². The molecule has 30 heavy (non-hydrogen) atoms. The quantitative estimate of drug-likeness (QED) is 0.568. The number of amides is 1. The van der Waals surface area contributed by atoms with E-state index in [0.29, 0.717) is 24.3 Å². The van der Waals surface area contributed by atoms with E-state index in [1.807, 2.05) is 12.1 Å². The molecule has 8 nitrogen and oxygen atoms in total. The summed E-state index contributed by atoms with van der Waals surface area (Å²) in [5, 5.41) is 2.77. The molecule has 0 spiro atoms. The number of carbonyl (C=O) groups excluding carboxylic acids is 1. The van der Waals surface area contributed by atoms with Gasteiger partial charge in [-0.3, -0.25) is 9.36 Å². The first-order valence-electron chi connectivity index (χ1n) is 9.53. The minimum atomic E-state index is -3.60. The Bertz CT molecular complexity index is 1260. The molecule has 4 rings (SSSR count). The molecular formula is C20H20BrN3O5S. The lowest BCUT2D eigenvalue weighted by Crippen LogP contribution is -2.27. The number of benzene rings is 2. The van der Waals surface area contributed by atoms with Crippen molar-refractivity contribution in [3.8, 4) is 0 Å². The Hall–Kier alpha value is -2.43. The second kappa shape index (κ2) is 8.37. The van der Waals surface area contributed by atoms with Crippen LogP contribution in [0.2, 0.25) is 0 Å². The van der Waals surface area contributed by atoms with Crippen LogP contribution in [0.4, 0.5) is 5.69 Å². The number of hydrogen-bond donors (Lipinski definition) is 1. The normalized spacial score (nSPS) is 15.0. The second-order valence-electron chi connectivity index (χ2n) is 7.07. The Morgan fingerprint density at radius 3 is 2.63 bits per heavy atom. The Morgan fingerprint density at radius 1 is 1.13 bits per heavy atom. The van der Waals surface area contributed by atoms with Gasteiger partial charge in [-0.25, -0.2) is 13.2 Å². The molecule has 1 fully saturated rings. The molecule has 0 radical (unpaired) electrons. The highest BCUT2D eigenvalue weighted by atomic mass is 79.9. The van der Waals surface area contributed by atoms with Crippen LogP contribution >= 0.6 is 15.9 Å². The van der Waals surface area contributed by atoms with Crippen LogP contribution in [-0.2, 0) is 21.4 Å². The summed E-state index contributed by atoms with van der Waals surface area (Å²) >= 11 is 3.35. The summed E-state index contributed by atoms with van der Waals surface area (Å²) in [5.41, 5.74) is 1.29. The summed E-state index contributed by atoms with van der Waals surface area (Å²) in [6, 6.07) is 11.6. The zero-order valence-corrected chi connectivity index (χ0v) is 18.4. The molecule has 10 heteroatoms. The first-order chi connectivity index (χ1) is 14.3. The van der Waals surface area contributed by atoms with E-state index in [9.17, 15) is 18.0 Å². The van der Waals surface area contributed by atoms with Crippen molar-refractivity contribution < 1.29 is 17.6 Å². The van der Waals surface area contributed by atoms with Crippen molar-refractivity contribution in [2.45, 2.75) is 30.7 Å². The molecule has 1 aliphatic heterocycles. The molecule has 3 aromatic rings. The molecule has 1 saturated heterocycles. The smallest absolute Gasteiger partial charge is 0.408 e. The number of halogens is 1. The van der Waals surface area contributed by atoms with Gasteiger partial charge in [-0.05, 0) is 43.2 Å². The van der Waals surface area contributed by atoms with Gasteiger partial charge in [0.2, 0.25) is 15.9 Å². The van der Waals surface area contributed by atoms with Gasteiger partial charge < -0.3 is 9.73 Å². The van der Waals surface area contributed by atoms with Crippen molar-refractivity contribution in [2.24, 2.45) is 0 Å². The number of sulfonamides is 1. The topological polar surface area (TPSA) is 102 Å². The van der Waals surface area contributed by atoms with Crippen LogP contribution in [0.25, 0.3) is 11.1 Å². The van der Waals surface area contributed by atoms with Gasteiger partial charge in [0.15, 0.2) is 5.58 Å². The van der Waals surface area contributed by atoms with E-state index in [1.54, 1.807) is 18.2 Å². The van der Waals surface area contributed by atoms with Crippen LogP contribution in [0.1, 0.15) is 19.3 Å². The maximum Gasteiger partial charge on any atom is 0.419 e. The number of aromatic nitrogens is 1. The van der Waals surface area contributed by atoms with Crippen LogP contribution in [-0.4, -0.2) is 36.3 Å². The predicted octanol–water partition coefficient (Wildman–Crippen LogP) is 3.17. The molecule has 158 valence electrons. The van der Waals surface area contributed by atoms with E-state index < -0.39 is 15.8 Å². The highest BCUT2D eigenvalue weighted by Crippen LogP contribution is 2.24. The SMILES string of the molecule is O=C(CCn1c(=O)oc2cc(S(=O)(=O)N3CCCC3)ccc21)Nc1cccc(Br)c1. The molecule has 1 amide bonds. The van der Waals surface area contributed by atoms with E-state index in [0.717, 1.165) is 17.3 Å². The number of oxazole rings is 1. The van der Waals surface area contributed by atoms with E-state index in [2.05, 4.69) is 21.2 Å². The van der Waals surface area contributed by atoms with Gasteiger partial charge in [0.25, 0.3) is 0 Å². The predicted molar refractivity (Wildman–Crippen MR) is 116 cm³/mol. The largest absolute Gasteiger partial charge is 0.419 e. The van der Waals surface area contributed by atoms with Crippen LogP contribution in [0, 0.1) is 0 Å². The Labute approximate surface area is 181 Å². The molecule has 0 unspecified atom stereocenters. The number of aryl methyl sites for hydroxylation is 1. The van der Waals surface area contributed by atoms with Crippen molar-refractivity contribution in [3.63, 3.8) is 0 Å². The second-order valence-corrected chi connectivity index (χ2v) is 9.92. The lowest BCUT2D eigenvalue weighted by Gasteiger charge is -2.15. The summed E-state index contributed by atoms with van der Waals surface area (Å²) < 4.78 is 34.3. The molecule has 0 atom stereocenters. The number of anilines is 1. The molecule has 1 aliphatic rings. The first-order valence-corrected chi connectivity index (χ1v) is 11.8. The zero-order valence-electron chi connectivity index (χ0n) is 16.0. The third kappa shape index (κ3) is 4.21. The van der Waals surface area contributed by atoms with Gasteiger partial charge in [-0.1, -0.05) is 22.0 Å². The lowest BCUT2D eigenvalue weighted by atomic mass is 10.3. The van der Waals surface area contributed by atoms with Gasteiger partial charge in [0.05, 0.1) is 10.4 Å². The van der Waals surface area contributed by atoms with Crippen molar-refractivity contribution in [1.82, 2.24) is 8.87 Å². The van der Waals surface area contributed by atoms with E-state index >= 15 is 0 Å². The summed E-state index contributed by atoms with van der Waals surface area (Å²) in [4.78, 5) is 24.6. The van der Waals surface area contributed by atoms with Crippen molar-refractivity contribution >= 4 is 48.6 Å². The minimum absolute atomic E-state index is 0.0644. The lowest BCUT2D eigenvalue weighted by molar-refractivity contribution is -0.116. The fourth-order valence-electron chi connectivity index (χ4n) is 3.50. The first kappa shape index (κ1) is 20.8. The minimum Gasteiger partial charge on any atom is -0.408 e. The van der Waals surface area contributed by atoms with E-state index in [-0.39, 0.29) is 29.4 Å². The van der Waals surface area contributed by atoms with Gasteiger partial charge in [0, 0.05) is 42.3 Å². The monoisotopic (exact) mass is 493 g/mol. The molecule has 2 heterocycles. The number of fused-ring (bicyclic) bond motifs is 1. The Morgan fingerprint density at radius 2 is 1.90 bits per heavy atom. The van der Waals surface area contributed by atoms with E-state index in [4.69, 9.17) is 4.42 Å². The molecule has 0 bridgehead atoms. The fraction of sp³-hybridized carbons (Fsp3) is 0.300. The molecule has 2 aromatic carbocycles. The average molecular weight is 494 g/mol. The van der Waals surface area contributed by atoms with Gasteiger partial charge in [-0.15, -0.1) is 0 Å². The molecule has 0 aliphatic carbocycles. The summed E-state index contributed by atoms with van der Waals surface area (Å²) in [6.07, 6.45) is 1.75. The maximum absolute atomic E-state index is 12.7. The molecule has 0 saturated carbocycles. The third-order valence-electron chi connectivity index (χ3n) is 5.01. The van der Waals surface area contributed by atoms with Crippen molar-refractivity contribution in [1.29, 1.82) is 0 Å². The Kier molecular flexibility index (Phi) is 5.81. The van der Waals surface area contributed by atoms with Crippen LogP contribution < -0.4 is 11.1 Å². The Balaban J connectivity index is 1.51. The third-order valence-corrected chi connectivity index (χ3v) is 7.40. The summed E-state index contributed by atoms with van der Waals surface area (Å²) in [5.74, 6) is -0.876. The standard InChI is InChI=1S/C20H20BrN3O5S/c21-14-4-3-5-15(12-14)22-19(25)8-11-24-17-7-6-16(13-18(17)29-20(24)26)30(27,28)23-9-1-2-10-23/h3-7,12-13H,1-2,8-11H2,(H,22,25). The summed E-state index contributed by atoms with van der Waals surface area (Å²) in [6.45, 7) is 1.11. The number of carbonyl (C=O) groups is 1. The molecular weight excluding hydrogens is 474 g/mol.